The van der Waals surface area contributed by atoms with Crippen molar-refractivity contribution in [1.29, 1.82) is 0 Å². The Hall–Kier alpha value is -0.796. The number of carbonyl (C=O) groups excluding carboxylic acids is 1. The first-order valence-corrected chi connectivity index (χ1v) is 5.84. The second-order valence-corrected chi connectivity index (χ2v) is 4.64. The molecule has 1 radical (unpaired) electrons. The Bertz CT molecular complexity index is 544. The molecule has 1 unspecified atom stereocenters. The smallest absolute Gasteiger partial charge is 0.338 e. The Morgan fingerprint density at radius 3 is 2.79 bits per heavy atom. The molecule has 0 spiro atoms. The number of carboxylic acid groups (broad SMARTS) is 1. The molecule has 1 aliphatic carbocycles. The van der Waals surface area contributed by atoms with Gasteiger partial charge in [-0.25, -0.2) is 4.79 Å². The molecule has 4 heteroatoms. The molecule has 1 atom stereocenters. The maximum Gasteiger partial charge on any atom is 0.338 e. The van der Waals surface area contributed by atoms with Crippen LogP contribution >= 0.6 is 0 Å². The zero-order chi connectivity index (χ0) is 13.3. The Kier molecular flexibility index (Phi) is 5.63. The monoisotopic (exact) mass is 331 g/mol. The van der Waals surface area contributed by atoms with Crippen LogP contribution in [0, 0.1) is 18.9 Å². The van der Waals surface area contributed by atoms with Gasteiger partial charge in [0.2, 0.25) is 0 Å². The molecule has 1 aromatic rings. The maximum absolute atomic E-state index is 11.9. The van der Waals surface area contributed by atoms with Crippen molar-refractivity contribution in [2.24, 2.45) is 5.92 Å². The molecule has 97 valence electrons. The summed E-state index contributed by atoms with van der Waals surface area (Å²) in [4.78, 5) is 22.8. The van der Waals surface area contributed by atoms with Crippen molar-refractivity contribution < 1.29 is 47.4 Å². The molecule has 0 aromatic heterocycles. The molecule has 0 saturated carbocycles. The molecular formula is C15H14O3Y-2. The summed E-state index contributed by atoms with van der Waals surface area (Å²) in [5, 5.41) is 8.90. The predicted octanol–water partition coefficient (Wildman–Crippen LogP) is 2.25. The summed E-state index contributed by atoms with van der Waals surface area (Å²) in [6.07, 6.45) is 2.71. The van der Waals surface area contributed by atoms with E-state index >= 15 is 0 Å². The molecule has 0 fully saturated rings. The van der Waals surface area contributed by atoms with Gasteiger partial charge in [0.1, 0.15) is 5.78 Å². The van der Waals surface area contributed by atoms with Crippen LogP contribution in [0.3, 0.4) is 0 Å². The zero-order valence-electron chi connectivity index (χ0n) is 10.8. The number of allylic oxidation sites excluding steroid dienone is 1. The zero-order valence-corrected chi connectivity index (χ0v) is 13.6. The Labute approximate surface area is 138 Å². The van der Waals surface area contributed by atoms with Gasteiger partial charge in [0, 0.05) is 32.7 Å². The first kappa shape index (κ1) is 16.3. The second-order valence-electron chi connectivity index (χ2n) is 4.64. The predicted molar refractivity (Wildman–Crippen MR) is 67.3 cm³/mol. The minimum atomic E-state index is -1.17. The van der Waals surface area contributed by atoms with Gasteiger partial charge in [0.25, 0.3) is 0 Å². The van der Waals surface area contributed by atoms with E-state index in [0.29, 0.717) is 12.0 Å². The third-order valence-corrected chi connectivity index (χ3v) is 2.89. The standard InChI is InChI=1S/C15H14O3.Y/c1-9(2)7-10-3-5-12-11(8-10)4-6-13(14(12)16)15(17)18;/h3,5-6,9H,1,4,7H2,2H3,(H,17,18);/q-2;. The van der Waals surface area contributed by atoms with Gasteiger partial charge in [-0.2, -0.15) is 29.7 Å². The van der Waals surface area contributed by atoms with Crippen molar-refractivity contribution in [3.63, 3.8) is 0 Å². The van der Waals surface area contributed by atoms with Crippen molar-refractivity contribution in [3.8, 4) is 0 Å². The van der Waals surface area contributed by atoms with Crippen LogP contribution in [0.5, 0.6) is 0 Å². The Morgan fingerprint density at radius 2 is 2.21 bits per heavy atom. The minimum absolute atomic E-state index is 0. The molecule has 3 nitrogen and oxygen atoms in total. The fourth-order valence-corrected chi connectivity index (χ4v) is 2.08. The van der Waals surface area contributed by atoms with Crippen LogP contribution in [0.25, 0.3) is 0 Å². The van der Waals surface area contributed by atoms with E-state index in [1.807, 2.05) is 13.0 Å². The van der Waals surface area contributed by atoms with Crippen molar-refractivity contribution in [2.75, 3.05) is 0 Å². The fraction of sp³-hybridized carbons (Fsp3) is 0.267. The van der Waals surface area contributed by atoms with Crippen LogP contribution in [-0.4, -0.2) is 16.9 Å². The first-order valence-electron chi connectivity index (χ1n) is 5.84. The summed E-state index contributed by atoms with van der Waals surface area (Å²) < 4.78 is 0. The van der Waals surface area contributed by atoms with E-state index in [1.165, 1.54) is 6.08 Å². The molecule has 0 aliphatic heterocycles. The Morgan fingerprint density at radius 1 is 1.53 bits per heavy atom. The van der Waals surface area contributed by atoms with Crippen LogP contribution in [0.15, 0.2) is 23.8 Å². The summed E-state index contributed by atoms with van der Waals surface area (Å²) in [7, 11) is 0. The summed E-state index contributed by atoms with van der Waals surface area (Å²) in [5.41, 5.74) is 2.10. The van der Waals surface area contributed by atoms with Gasteiger partial charge in [0.05, 0.1) is 5.57 Å². The van der Waals surface area contributed by atoms with Crippen molar-refractivity contribution >= 4 is 11.8 Å². The molecule has 0 saturated heterocycles. The van der Waals surface area contributed by atoms with Gasteiger partial charge < -0.3 is 16.8 Å². The van der Waals surface area contributed by atoms with E-state index in [9.17, 15) is 9.59 Å². The molecule has 19 heavy (non-hydrogen) atoms. The van der Waals surface area contributed by atoms with Crippen LogP contribution in [-0.2, 0) is 50.3 Å². The van der Waals surface area contributed by atoms with Gasteiger partial charge in [-0.15, -0.1) is 5.56 Å². The molecule has 1 aliphatic rings. The van der Waals surface area contributed by atoms with Gasteiger partial charge in [0.15, 0.2) is 0 Å². The molecule has 1 aromatic carbocycles. The number of carbonyl (C=O) groups is 2. The van der Waals surface area contributed by atoms with E-state index in [2.05, 4.69) is 13.0 Å². The van der Waals surface area contributed by atoms with Crippen LogP contribution in [0.1, 0.15) is 28.4 Å². The van der Waals surface area contributed by atoms with E-state index in [0.717, 1.165) is 17.5 Å². The maximum atomic E-state index is 11.9. The van der Waals surface area contributed by atoms with Gasteiger partial charge in [-0.1, -0.05) is 25.0 Å². The van der Waals surface area contributed by atoms with Crippen LogP contribution < -0.4 is 0 Å². The first-order chi connectivity index (χ1) is 8.49. The molecular weight excluding hydrogens is 317 g/mol. The molecule has 2 rings (SSSR count). The number of carboxylic acids is 1. The minimum Gasteiger partial charge on any atom is -0.478 e. The quantitative estimate of drug-likeness (QED) is 0.683. The summed E-state index contributed by atoms with van der Waals surface area (Å²) in [6.45, 7) is 5.93. The number of ketones is 1. The number of aliphatic carboxylic acids is 1. The third-order valence-electron chi connectivity index (χ3n) is 2.89. The van der Waals surface area contributed by atoms with E-state index in [-0.39, 0.29) is 44.2 Å². The normalized spacial score (nSPS) is 15.1. The van der Waals surface area contributed by atoms with Gasteiger partial charge in [-0.05, 0) is 6.42 Å². The number of fused-ring (bicyclic) bond motifs is 1. The largest absolute Gasteiger partial charge is 0.478 e. The summed E-state index contributed by atoms with van der Waals surface area (Å²) in [6, 6.07) is 6.71. The molecule has 0 bridgehead atoms. The molecule has 0 amide bonds. The van der Waals surface area contributed by atoms with Crippen molar-refractivity contribution in [2.45, 2.75) is 19.8 Å². The van der Waals surface area contributed by atoms with Crippen LogP contribution in [0.4, 0.5) is 0 Å². The van der Waals surface area contributed by atoms with E-state index in [1.54, 1.807) is 6.07 Å². The SMILES string of the molecule is [CH2-]C(C)Cc1[c-]c2c(cc1)C(=O)C(C(=O)O)=CC2.[Y]. The van der Waals surface area contributed by atoms with Gasteiger partial charge >= 0.3 is 5.97 Å². The van der Waals surface area contributed by atoms with Crippen LogP contribution in [0.2, 0.25) is 0 Å². The number of benzene rings is 1. The fourth-order valence-electron chi connectivity index (χ4n) is 2.08. The molecule has 0 heterocycles. The van der Waals surface area contributed by atoms with Crippen molar-refractivity contribution in [3.05, 3.63) is 53.5 Å². The van der Waals surface area contributed by atoms with Gasteiger partial charge in [-0.3, -0.25) is 0 Å². The topological polar surface area (TPSA) is 54.4 Å². The van der Waals surface area contributed by atoms with Crippen molar-refractivity contribution in [1.82, 2.24) is 0 Å². The number of rotatable bonds is 3. The summed E-state index contributed by atoms with van der Waals surface area (Å²) >= 11 is 0. The average Bonchev–Trinajstić information content (AvgIpc) is 2.27. The Balaban J connectivity index is 0.00000180. The molecule has 1 N–H and O–H groups in total. The van der Waals surface area contributed by atoms with E-state index in [4.69, 9.17) is 5.11 Å². The number of Topliss-reactive ketones (excluding diaryl/α,β-unsaturated/α-hetero) is 1. The summed E-state index contributed by atoms with van der Waals surface area (Å²) in [5.74, 6) is -1.31. The second kappa shape index (κ2) is 6.58. The van der Waals surface area contributed by atoms with E-state index < -0.39 is 11.8 Å². The average molecular weight is 331 g/mol. The third kappa shape index (κ3) is 3.61. The number of hydrogen-bond acceptors (Lipinski definition) is 2. The number of hydrogen-bond donors (Lipinski definition) is 1.